The van der Waals surface area contributed by atoms with Gasteiger partial charge in [-0.3, -0.25) is 4.79 Å². The third-order valence-corrected chi connectivity index (χ3v) is 3.88. The summed E-state index contributed by atoms with van der Waals surface area (Å²) < 4.78 is 16.2. The molecule has 2 aliphatic rings. The van der Waals surface area contributed by atoms with Crippen molar-refractivity contribution in [3.8, 4) is 11.5 Å². The van der Waals surface area contributed by atoms with Gasteiger partial charge in [0.2, 0.25) is 12.7 Å². The molecule has 0 radical (unpaired) electrons. The fourth-order valence-electron chi connectivity index (χ4n) is 2.71. The van der Waals surface area contributed by atoms with Crippen LogP contribution in [0.25, 0.3) is 6.08 Å². The van der Waals surface area contributed by atoms with Crippen LogP contribution in [0, 0.1) is 0 Å². The maximum atomic E-state index is 12.3. The van der Waals surface area contributed by atoms with E-state index in [1.165, 1.54) is 0 Å². The Hall–Kier alpha value is -1.72. The van der Waals surface area contributed by atoms with Gasteiger partial charge >= 0.3 is 0 Å². The molecule has 2 aliphatic heterocycles. The van der Waals surface area contributed by atoms with Crippen molar-refractivity contribution in [2.75, 3.05) is 19.9 Å². The number of amides is 1. The molecular weight excluding hydrogens is 306 g/mol. The van der Waals surface area contributed by atoms with Crippen LogP contribution in [0.2, 0.25) is 5.02 Å². The number of nitrogens with zero attached hydrogens (tertiary/aromatic N) is 1. The van der Waals surface area contributed by atoms with Crippen LogP contribution in [-0.2, 0) is 9.53 Å². The lowest BCUT2D eigenvalue weighted by Crippen LogP contribution is -2.47. The first-order chi connectivity index (χ1) is 10.5. The summed E-state index contributed by atoms with van der Waals surface area (Å²) in [6.07, 6.45) is 3.40. The maximum absolute atomic E-state index is 12.3. The Bertz CT molecular complexity index is 606. The van der Waals surface area contributed by atoms with Crippen molar-refractivity contribution in [3.63, 3.8) is 0 Å². The summed E-state index contributed by atoms with van der Waals surface area (Å²) in [6.45, 7) is 5.32. The van der Waals surface area contributed by atoms with E-state index in [9.17, 15) is 4.79 Å². The number of halogens is 1. The normalized spacial score (nSPS) is 24.0. The van der Waals surface area contributed by atoms with Crippen molar-refractivity contribution in [2.24, 2.45) is 0 Å². The number of carbonyl (C=O) groups is 1. The van der Waals surface area contributed by atoms with Gasteiger partial charge in [-0.25, -0.2) is 0 Å². The molecule has 6 heteroatoms. The molecule has 1 saturated heterocycles. The number of rotatable bonds is 2. The van der Waals surface area contributed by atoms with Gasteiger partial charge in [-0.1, -0.05) is 11.6 Å². The highest BCUT2D eigenvalue weighted by Gasteiger charge is 2.24. The number of hydrogen-bond donors (Lipinski definition) is 0. The van der Waals surface area contributed by atoms with E-state index in [1.54, 1.807) is 23.1 Å². The zero-order chi connectivity index (χ0) is 15.7. The summed E-state index contributed by atoms with van der Waals surface area (Å²) in [4.78, 5) is 14.1. The molecule has 1 amide bonds. The molecule has 0 aliphatic carbocycles. The third kappa shape index (κ3) is 3.20. The minimum atomic E-state index is -0.0317. The SMILES string of the molecule is CC1CN(C(=O)/C=C/c2cc(Cl)c3c(c2)OCO3)CC(C)O1. The van der Waals surface area contributed by atoms with Crippen molar-refractivity contribution in [2.45, 2.75) is 26.1 Å². The number of carbonyl (C=O) groups excluding carboxylic acids is 1. The lowest BCUT2D eigenvalue weighted by atomic mass is 10.1. The van der Waals surface area contributed by atoms with E-state index in [4.69, 9.17) is 25.8 Å². The molecule has 1 aromatic rings. The highest BCUT2D eigenvalue weighted by molar-refractivity contribution is 6.32. The summed E-state index contributed by atoms with van der Waals surface area (Å²) in [6, 6.07) is 3.56. The number of benzene rings is 1. The summed E-state index contributed by atoms with van der Waals surface area (Å²) in [5.41, 5.74) is 0.803. The van der Waals surface area contributed by atoms with Gasteiger partial charge in [0.1, 0.15) is 0 Å². The van der Waals surface area contributed by atoms with Crippen molar-refractivity contribution >= 4 is 23.6 Å². The summed E-state index contributed by atoms with van der Waals surface area (Å²) in [7, 11) is 0. The van der Waals surface area contributed by atoms with Crippen molar-refractivity contribution in [1.82, 2.24) is 4.90 Å². The number of ether oxygens (including phenoxy) is 3. The number of fused-ring (bicyclic) bond motifs is 1. The van der Waals surface area contributed by atoms with Crippen LogP contribution in [-0.4, -0.2) is 42.9 Å². The first kappa shape index (κ1) is 15.2. The van der Waals surface area contributed by atoms with E-state index < -0.39 is 0 Å². The molecule has 2 atom stereocenters. The fourth-order valence-corrected chi connectivity index (χ4v) is 2.99. The van der Waals surface area contributed by atoms with Crippen molar-refractivity contribution < 1.29 is 19.0 Å². The maximum Gasteiger partial charge on any atom is 0.246 e. The van der Waals surface area contributed by atoms with Crippen LogP contribution < -0.4 is 9.47 Å². The van der Waals surface area contributed by atoms with Gasteiger partial charge in [0.15, 0.2) is 11.5 Å². The van der Waals surface area contributed by atoms with Gasteiger partial charge in [-0.2, -0.15) is 0 Å². The standard InChI is InChI=1S/C16H18ClNO4/c1-10-7-18(8-11(2)22-10)15(19)4-3-12-5-13(17)16-14(6-12)20-9-21-16/h3-6,10-11H,7-9H2,1-2H3/b4-3+. The molecule has 2 unspecified atom stereocenters. The Kier molecular flexibility index (Phi) is 4.27. The Morgan fingerprint density at radius 2 is 2.00 bits per heavy atom. The molecule has 22 heavy (non-hydrogen) atoms. The highest BCUT2D eigenvalue weighted by atomic mass is 35.5. The Morgan fingerprint density at radius 3 is 2.73 bits per heavy atom. The third-order valence-electron chi connectivity index (χ3n) is 3.60. The Labute approximate surface area is 134 Å². The average molecular weight is 324 g/mol. The fraction of sp³-hybridized carbons (Fsp3) is 0.438. The first-order valence-electron chi connectivity index (χ1n) is 7.24. The number of morpholine rings is 1. The van der Waals surface area contributed by atoms with Gasteiger partial charge in [0, 0.05) is 19.2 Å². The molecule has 0 bridgehead atoms. The molecule has 2 heterocycles. The van der Waals surface area contributed by atoms with Gasteiger partial charge in [-0.15, -0.1) is 0 Å². The van der Waals surface area contributed by atoms with E-state index in [-0.39, 0.29) is 24.9 Å². The van der Waals surface area contributed by atoms with E-state index in [1.807, 2.05) is 19.9 Å². The molecule has 5 nitrogen and oxygen atoms in total. The van der Waals surface area contributed by atoms with E-state index in [2.05, 4.69) is 0 Å². The molecule has 0 aromatic heterocycles. The predicted molar refractivity (Wildman–Crippen MR) is 83.2 cm³/mol. The monoisotopic (exact) mass is 323 g/mol. The molecule has 1 fully saturated rings. The smallest absolute Gasteiger partial charge is 0.246 e. The van der Waals surface area contributed by atoms with Crippen LogP contribution in [0.1, 0.15) is 19.4 Å². The van der Waals surface area contributed by atoms with Crippen LogP contribution in [0.5, 0.6) is 11.5 Å². The lowest BCUT2D eigenvalue weighted by Gasteiger charge is -2.34. The minimum absolute atomic E-state index is 0.0317. The molecule has 3 rings (SSSR count). The second-order valence-electron chi connectivity index (χ2n) is 5.57. The molecule has 118 valence electrons. The zero-order valence-corrected chi connectivity index (χ0v) is 13.3. The van der Waals surface area contributed by atoms with Gasteiger partial charge in [0.25, 0.3) is 0 Å². The topological polar surface area (TPSA) is 48.0 Å². The van der Waals surface area contributed by atoms with E-state index in [0.29, 0.717) is 29.6 Å². The molecule has 1 aromatic carbocycles. The first-order valence-corrected chi connectivity index (χ1v) is 7.62. The quantitative estimate of drug-likeness (QED) is 0.785. The summed E-state index contributed by atoms with van der Waals surface area (Å²) in [5.74, 6) is 1.13. The van der Waals surface area contributed by atoms with Gasteiger partial charge < -0.3 is 19.1 Å². The second kappa shape index (κ2) is 6.18. The Morgan fingerprint density at radius 1 is 1.27 bits per heavy atom. The van der Waals surface area contributed by atoms with E-state index >= 15 is 0 Å². The number of hydrogen-bond acceptors (Lipinski definition) is 4. The molecule has 0 saturated carbocycles. The van der Waals surface area contributed by atoms with Crippen molar-refractivity contribution in [1.29, 1.82) is 0 Å². The predicted octanol–water partition coefficient (Wildman–Crippen LogP) is 2.72. The lowest BCUT2D eigenvalue weighted by molar-refractivity contribution is -0.137. The molecular formula is C16H18ClNO4. The Balaban J connectivity index is 1.71. The largest absolute Gasteiger partial charge is 0.454 e. The van der Waals surface area contributed by atoms with Crippen LogP contribution in [0.4, 0.5) is 0 Å². The molecule has 0 N–H and O–H groups in total. The van der Waals surface area contributed by atoms with Crippen molar-refractivity contribution in [3.05, 3.63) is 28.8 Å². The van der Waals surface area contributed by atoms with Crippen LogP contribution in [0.3, 0.4) is 0 Å². The van der Waals surface area contributed by atoms with Gasteiger partial charge in [-0.05, 0) is 37.6 Å². The van der Waals surface area contributed by atoms with Crippen LogP contribution in [0.15, 0.2) is 18.2 Å². The summed E-state index contributed by atoms with van der Waals surface area (Å²) in [5, 5.41) is 0.482. The minimum Gasteiger partial charge on any atom is -0.454 e. The molecule has 0 spiro atoms. The second-order valence-corrected chi connectivity index (χ2v) is 5.98. The summed E-state index contributed by atoms with van der Waals surface area (Å²) >= 11 is 6.13. The average Bonchev–Trinajstić information content (AvgIpc) is 2.92. The van der Waals surface area contributed by atoms with Gasteiger partial charge in [0.05, 0.1) is 17.2 Å². The van der Waals surface area contributed by atoms with E-state index in [0.717, 1.165) is 5.56 Å². The highest BCUT2D eigenvalue weighted by Crippen LogP contribution is 2.40. The zero-order valence-electron chi connectivity index (χ0n) is 12.5. The van der Waals surface area contributed by atoms with Crippen LogP contribution >= 0.6 is 11.6 Å².